The molecular weight excluding hydrogens is 712 g/mol. The number of carboxylic acid groups (broad SMARTS) is 1. The van der Waals surface area contributed by atoms with Crippen LogP contribution in [0.15, 0.2) is 11.6 Å². The van der Waals surface area contributed by atoms with Crippen LogP contribution < -0.4 is 0 Å². The lowest BCUT2D eigenvalue weighted by molar-refractivity contribution is -0.378. The minimum atomic E-state index is -1.75. The van der Waals surface area contributed by atoms with Crippen molar-refractivity contribution in [3.05, 3.63) is 11.6 Å². The van der Waals surface area contributed by atoms with E-state index in [1.54, 1.807) is 0 Å². The van der Waals surface area contributed by atoms with Crippen molar-refractivity contribution in [1.29, 1.82) is 0 Å². The fourth-order valence-electron chi connectivity index (χ4n) is 13.7. The van der Waals surface area contributed by atoms with Crippen LogP contribution >= 0.6 is 0 Å². The number of carboxylic acids is 1. The number of aliphatic carboxylic acids is 1. The first kappa shape index (κ1) is 41.9. The van der Waals surface area contributed by atoms with Gasteiger partial charge in [-0.3, -0.25) is 4.79 Å². The quantitative estimate of drug-likeness (QED) is 0.138. The molecule has 2 saturated heterocycles. The molecule has 5 aliphatic carbocycles. The Morgan fingerprint density at radius 1 is 0.727 bits per heavy atom. The summed E-state index contributed by atoms with van der Waals surface area (Å²) in [6, 6.07) is 0. The summed E-state index contributed by atoms with van der Waals surface area (Å²) in [7, 11) is 0. The van der Waals surface area contributed by atoms with Gasteiger partial charge in [-0.2, -0.15) is 0 Å². The standard InChI is InChI=1S/C42H68O13/c1-37(2)14-16-42(36(50)51)17-15-40(6)21(22(42)18-37)8-9-26-39(5)12-11-27(38(3,4)25(39)10-13-41(26,40)7)54-35-33(31(48)29(46)24(20-44)53-35)55-34-32(49)30(47)28(45)23(19-43)52-34/h8,22-35,43-49H,9-20H2,1-7H3,(H,50,51)/t22-,23+,24+,25-,26+,27-,28+,29+,30-,31-,32+,33+,34-,35-,39-,40+,41+,42-/m0/s1. The van der Waals surface area contributed by atoms with Crippen molar-refractivity contribution in [1.82, 2.24) is 0 Å². The van der Waals surface area contributed by atoms with Gasteiger partial charge in [0.05, 0.1) is 24.7 Å². The van der Waals surface area contributed by atoms with E-state index in [2.05, 4.69) is 54.5 Å². The predicted octanol–water partition coefficient (Wildman–Crippen LogP) is 2.88. The van der Waals surface area contributed by atoms with Crippen LogP contribution in [0.25, 0.3) is 0 Å². The Balaban J connectivity index is 1.15. The van der Waals surface area contributed by atoms with Crippen LogP contribution in [-0.2, 0) is 23.7 Å². The highest BCUT2D eigenvalue weighted by Crippen LogP contribution is 2.76. The van der Waals surface area contributed by atoms with Gasteiger partial charge in [-0.25, -0.2) is 0 Å². The molecule has 18 atom stereocenters. The maximum atomic E-state index is 13.1. The fourth-order valence-corrected chi connectivity index (χ4v) is 13.7. The molecule has 2 heterocycles. The summed E-state index contributed by atoms with van der Waals surface area (Å²) in [5, 5.41) is 84.1. The Hall–Kier alpha value is -1.23. The third-order valence-electron chi connectivity index (χ3n) is 17.3. The van der Waals surface area contributed by atoms with Gasteiger partial charge in [0, 0.05) is 0 Å². The lowest BCUT2D eigenvalue weighted by atomic mass is 9.33. The minimum Gasteiger partial charge on any atom is -0.481 e. The van der Waals surface area contributed by atoms with Crippen molar-refractivity contribution >= 4 is 5.97 Å². The van der Waals surface area contributed by atoms with E-state index in [1.807, 2.05) is 0 Å². The van der Waals surface area contributed by atoms with Gasteiger partial charge in [0.2, 0.25) is 0 Å². The van der Waals surface area contributed by atoms with Crippen LogP contribution in [0.1, 0.15) is 113 Å². The highest BCUT2D eigenvalue weighted by Gasteiger charge is 2.69. The molecular formula is C42H68O13. The van der Waals surface area contributed by atoms with Gasteiger partial charge in [0.15, 0.2) is 12.6 Å². The van der Waals surface area contributed by atoms with Crippen molar-refractivity contribution in [3.8, 4) is 0 Å². The number of allylic oxidation sites excluding steroid dienone is 2. The van der Waals surface area contributed by atoms with E-state index < -0.39 is 91.4 Å². The predicted molar refractivity (Wildman–Crippen MR) is 198 cm³/mol. The Kier molecular flexibility index (Phi) is 10.8. The molecule has 6 fully saturated rings. The van der Waals surface area contributed by atoms with Crippen LogP contribution in [0, 0.1) is 50.2 Å². The maximum Gasteiger partial charge on any atom is 0.310 e. The summed E-state index contributed by atoms with van der Waals surface area (Å²) in [4.78, 5) is 13.1. The summed E-state index contributed by atoms with van der Waals surface area (Å²) in [6.45, 7) is 15.1. The third kappa shape index (κ3) is 6.23. The van der Waals surface area contributed by atoms with Crippen molar-refractivity contribution in [2.75, 3.05) is 13.2 Å². The minimum absolute atomic E-state index is 0.0240. The summed E-state index contributed by atoms with van der Waals surface area (Å²) >= 11 is 0. The number of aliphatic hydroxyl groups is 7. The molecule has 0 spiro atoms. The van der Waals surface area contributed by atoms with Gasteiger partial charge in [0.1, 0.15) is 48.8 Å². The molecule has 0 amide bonds. The molecule has 8 N–H and O–H groups in total. The zero-order valence-electron chi connectivity index (χ0n) is 33.8. The molecule has 0 radical (unpaired) electrons. The zero-order chi connectivity index (χ0) is 40.3. The van der Waals surface area contributed by atoms with Gasteiger partial charge < -0.3 is 59.8 Å². The van der Waals surface area contributed by atoms with E-state index in [0.29, 0.717) is 18.8 Å². The molecule has 0 unspecified atom stereocenters. The topological polar surface area (TPSA) is 216 Å². The van der Waals surface area contributed by atoms with Crippen LogP contribution in [-0.4, -0.2) is 128 Å². The van der Waals surface area contributed by atoms with Crippen LogP contribution in [0.4, 0.5) is 0 Å². The van der Waals surface area contributed by atoms with Crippen LogP contribution in [0.5, 0.6) is 0 Å². The summed E-state index contributed by atoms with van der Waals surface area (Å²) < 4.78 is 24.4. The molecule has 13 heteroatoms. The first-order valence-electron chi connectivity index (χ1n) is 20.8. The normalized spacial score (nSPS) is 53.2. The van der Waals surface area contributed by atoms with Crippen molar-refractivity contribution in [2.45, 2.75) is 180 Å². The van der Waals surface area contributed by atoms with E-state index in [0.717, 1.165) is 51.4 Å². The van der Waals surface area contributed by atoms with Crippen molar-refractivity contribution in [2.24, 2.45) is 50.2 Å². The first-order chi connectivity index (χ1) is 25.6. The third-order valence-corrected chi connectivity index (χ3v) is 17.3. The van der Waals surface area contributed by atoms with Crippen LogP contribution in [0.3, 0.4) is 0 Å². The molecule has 7 rings (SSSR count). The van der Waals surface area contributed by atoms with Crippen molar-refractivity contribution < 1.29 is 64.6 Å². The molecule has 0 aromatic heterocycles. The number of rotatable bonds is 7. The Morgan fingerprint density at radius 2 is 1.35 bits per heavy atom. The largest absolute Gasteiger partial charge is 0.481 e. The van der Waals surface area contributed by atoms with E-state index >= 15 is 0 Å². The second-order valence-corrected chi connectivity index (χ2v) is 20.7. The maximum absolute atomic E-state index is 13.1. The van der Waals surface area contributed by atoms with Gasteiger partial charge in [-0.1, -0.05) is 60.1 Å². The average Bonchev–Trinajstić information content (AvgIpc) is 3.12. The highest BCUT2D eigenvalue weighted by molar-refractivity contribution is 5.76. The second-order valence-electron chi connectivity index (χ2n) is 20.7. The SMILES string of the molecule is CC1(C)CC[C@]2(C(=O)O)CC[C@]3(C)C(=CC[C@@H]4[C@@]5(C)CC[C@H](O[C@@H]6O[C@H](CO)[C@@H](O)[C@H](O)[C@H]6O[C@@H]6O[C@H](CO)[C@@H](O)[C@H](O)[C@H]6O)C(C)(C)[C@@H]5CC[C@]43C)[C@@H]2C1. The molecule has 55 heavy (non-hydrogen) atoms. The van der Waals surface area contributed by atoms with Gasteiger partial charge in [0.25, 0.3) is 0 Å². The molecule has 0 bridgehead atoms. The Labute approximate surface area is 325 Å². The van der Waals surface area contributed by atoms with E-state index in [1.165, 1.54) is 5.57 Å². The van der Waals surface area contributed by atoms with Crippen molar-refractivity contribution in [3.63, 3.8) is 0 Å². The number of ether oxygens (including phenoxy) is 4. The Bertz CT molecular complexity index is 1480. The highest BCUT2D eigenvalue weighted by atomic mass is 16.8. The van der Waals surface area contributed by atoms with Gasteiger partial charge >= 0.3 is 5.97 Å². The number of fused-ring (bicyclic) bond motifs is 7. The summed E-state index contributed by atoms with van der Waals surface area (Å²) in [6.07, 6.45) is -4.41. The van der Waals surface area contributed by atoms with E-state index in [9.17, 15) is 45.6 Å². The fraction of sp³-hybridized carbons (Fsp3) is 0.929. The Morgan fingerprint density at radius 3 is 1.98 bits per heavy atom. The molecule has 0 aromatic rings. The molecule has 13 nitrogen and oxygen atoms in total. The number of aliphatic hydroxyl groups excluding tert-OH is 7. The lowest BCUT2D eigenvalue weighted by Crippen LogP contribution is -2.67. The lowest BCUT2D eigenvalue weighted by Gasteiger charge is -2.71. The number of hydrogen-bond donors (Lipinski definition) is 8. The molecule has 0 aromatic carbocycles. The smallest absolute Gasteiger partial charge is 0.310 e. The zero-order valence-corrected chi connectivity index (χ0v) is 33.8. The summed E-state index contributed by atoms with van der Waals surface area (Å²) in [5.41, 5.74) is 0.210. The number of carbonyl (C=O) groups is 1. The van der Waals surface area contributed by atoms with E-state index in [-0.39, 0.29) is 39.6 Å². The van der Waals surface area contributed by atoms with Gasteiger partial charge in [-0.15, -0.1) is 0 Å². The molecule has 314 valence electrons. The summed E-state index contributed by atoms with van der Waals surface area (Å²) in [5.74, 6) is 0.0181. The molecule has 4 saturated carbocycles. The first-order valence-corrected chi connectivity index (χ1v) is 20.8. The molecule has 7 aliphatic rings. The monoisotopic (exact) mass is 780 g/mol. The molecule has 2 aliphatic heterocycles. The van der Waals surface area contributed by atoms with Gasteiger partial charge in [-0.05, 0) is 109 Å². The van der Waals surface area contributed by atoms with E-state index in [4.69, 9.17) is 18.9 Å². The average molecular weight is 781 g/mol. The second kappa shape index (κ2) is 14.2. The number of hydrogen-bond acceptors (Lipinski definition) is 12. The van der Waals surface area contributed by atoms with Crippen LogP contribution in [0.2, 0.25) is 0 Å².